The number of methoxy groups -OCH3 is 1. The maximum atomic E-state index is 11.8. The summed E-state index contributed by atoms with van der Waals surface area (Å²) in [6, 6.07) is 0. The minimum absolute atomic E-state index is 0.750. The van der Waals surface area contributed by atoms with E-state index in [9.17, 15) is 13.6 Å². The molecule has 80 valence electrons. The molecule has 0 unspecified atom stereocenters. The van der Waals surface area contributed by atoms with E-state index in [0.29, 0.717) is 0 Å². The minimum Gasteiger partial charge on any atom is -0.351 e. The van der Waals surface area contributed by atoms with Crippen molar-refractivity contribution in [3.05, 3.63) is 0 Å². The molecule has 0 aromatic carbocycles. The molecule has 0 aromatic heterocycles. The summed E-state index contributed by atoms with van der Waals surface area (Å²) in [5.74, 6) is 0. The zero-order chi connectivity index (χ0) is 11.1. The molecule has 0 aliphatic heterocycles. The van der Waals surface area contributed by atoms with Crippen molar-refractivity contribution in [2.45, 2.75) is 10.9 Å². The Morgan fingerprint density at radius 3 is 1.77 bits per heavy atom. The van der Waals surface area contributed by atoms with E-state index in [1.807, 2.05) is 0 Å². The summed E-state index contributed by atoms with van der Waals surface area (Å²) in [6.45, 7) is 0. The highest BCUT2D eigenvalue weighted by molar-refractivity contribution is 6.44. The standard InChI is InChI=1S/C3H4Cl2F2O.C3H7NO/c1-8-3(6,7)2(4)5;1-4(2)3-5/h2H,1H3;3H,1-2H3. The Bertz CT molecular complexity index is 145. The molecular weight excluding hydrogens is 227 g/mol. The molecule has 0 spiro atoms. The van der Waals surface area contributed by atoms with Gasteiger partial charge in [-0.2, -0.15) is 8.78 Å². The molecule has 0 saturated carbocycles. The zero-order valence-electron chi connectivity index (χ0n) is 7.43. The first-order chi connectivity index (χ1) is 5.77. The summed E-state index contributed by atoms with van der Waals surface area (Å²) < 4.78 is 27.2. The zero-order valence-corrected chi connectivity index (χ0v) is 8.94. The summed E-state index contributed by atoms with van der Waals surface area (Å²) in [6.07, 6.45) is -2.68. The molecule has 13 heavy (non-hydrogen) atoms. The lowest BCUT2D eigenvalue weighted by Gasteiger charge is -2.13. The van der Waals surface area contributed by atoms with E-state index in [1.165, 1.54) is 4.90 Å². The topological polar surface area (TPSA) is 29.5 Å². The van der Waals surface area contributed by atoms with Gasteiger partial charge in [-0.1, -0.05) is 23.2 Å². The number of hydrogen-bond acceptors (Lipinski definition) is 2. The summed E-state index contributed by atoms with van der Waals surface area (Å²) in [4.78, 5) is 9.08. The Morgan fingerprint density at radius 2 is 1.77 bits per heavy atom. The summed E-state index contributed by atoms with van der Waals surface area (Å²) in [7, 11) is 4.21. The van der Waals surface area contributed by atoms with Crippen molar-refractivity contribution in [2.75, 3.05) is 21.2 Å². The van der Waals surface area contributed by atoms with Crippen LogP contribution >= 0.6 is 23.2 Å². The molecule has 1 amide bonds. The fourth-order valence-corrected chi connectivity index (χ4v) is 0.267. The normalized spacial score (nSPS) is 10.5. The van der Waals surface area contributed by atoms with Gasteiger partial charge in [-0.3, -0.25) is 4.79 Å². The van der Waals surface area contributed by atoms with Gasteiger partial charge in [0, 0.05) is 21.2 Å². The van der Waals surface area contributed by atoms with E-state index >= 15 is 0 Å². The highest BCUT2D eigenvalue weighted by Gasteiger charge is 2.36. The van der Waals surface area contributed by atoms with Crippen LogP contribution in [-0.2, 0) is 9.53 Å². The van der Waals surface area contributed by atoms with Crippen LogP contribution in [0.4, 0.5) is 8.78 Å². The van der Waals surface area contributed by atoms with Crippen LogP contribution in [0.25, 0.3) is 0 Å². The fourth-order valence-electron chi connectivity index (χ4n) is 0.0891. The smallest absolute Gasteiger partial charge is 0.351 e. The first-order valence-electron chi connectivity index (χ1n) is 3.10. The average Bonchev–Trinajstić information content (AvgIpc) is 2.05. The SMILES string of the molecule is CN(C)C=O.COC(F)(F)C(Cl)Cl. The van der Waals surface area contributed by atoms with Crippen molar-refractivity contribution in [1.82, 2.24) is 4.90 Å². The van der Waals surface area contributed by atoms with Crippen LogP contribution in [0.3, 0.4) is 0 Å². The Kier molecular flexibility index (Phi) is 8.61. The van der Waals surface area contributed by atoms with Crippen LogP contribution < -0.4 is 0 Å². The van der Waals surface area contributed by atoms with Gasteiger partial charge in [0.05, 0.1) is 0 Å². The van der Waals surface area contributed by atoms with Gasteiger partial charge in [0.15, 0.2) is 4.84 Å². The first kappa shape index (κ1) is 15.3. The van der Waals surface area contributed by atoms with Gasteiger partial charge < -0.3 is 9.64 Å². The van der Waals surface area contributed by atoms with Crippen LogP contribution in [-0.4, -0.2) is 43.5 Å². The lowest BCUT2D eigenvalue weighted by molar-refractivity contribution is -0.210. The molecule has 3 nitrogen and oxygen atoms in total. The number of hydrogen-bond donors (Lipinski definition) is 0. The van der Waals surface area contributed by atoms with E-state index in [4.69, 9.17) is 23.2 Å². The quantitative estimate of drug-likeness (QED) is 0.553. The van der Waals surface area contributed by atoms with Crippen molar-refractivity contribution in [2.24, 2.45) is 0 Å². The number of carbonyl (C=O) groups excluding carboxylic acids is 1. The number of ether oxygens (including phenoxy) is 1. The third-order valence-electron chi connectivity index (χ3n) is 0.737. The van der Waals surface area contributed by atoms with E-state index in [-0.39, 0.29) is 0 Å². The van der Waals surface area contributed by atoms with Gasteiger partial charge in [-0.25, -0.2) is 0 Å². The molecule has 0 N–H and O–H groups in total. The number of rotatable bonds is 3. The largest absolute Gasteiger partial charge is 0.385 e. The molecule has 0 heterocycles. The van der Waals surface area contributed by atoms with Gasteiger partial charge >= 0.3 is 6.11 Å². The number of alkyl halides is 4. The fraction of sp³-hybridized carbons (Fsp3) is 0.833. The predicted molar refractivity (Wildman–Crippen MR) is 47.2 cm³/mol. The van der Waals surface area contributed by atoms with Crippen LogP contribution in [0.15, 0.2) is 0 Å². The lowest BCUT2D eigenvalue weighted by atomic mass is 10.7. The lowest BCUT2D eigenvalue weighted by Crippen LogP contribution is -2.26. The van der Waals surface area contributed by atoms with Crippen LogP contribution in [0.2, 0.25) is 0 Å². The van der Waals surface area contributed by atoms with Gasteiger partial charge in [-0.05, 0) is 0 Å². The van der Waals surface area contributed by atoms with E-state index < -0.39 is 10.9 Å². The number of nitrogens with zero attached hydrogens (tertiary/aromatic N) is 1. The Labute approximate surface area is 85.5 Å². The highest BCUT2D eigenvalue weighted by Crippen LogP contribution is 2.26. The first-order valence-corrected chi connectivity index (χ1v) is 3.98. The molecule has 0 saturated heterocycles. The van der Waals surface area contributed by atoms with Gasteiger partial charge in [0.1, 0.15) is 0 Å². The third-order valence-corrected chi connectivity index (χ3v) is 1.25. The number of amides is 1. The average molecular weight is 238 g/mol. The second kappa shape index (κ2) is 7.29. The Morgan fingerprint density at radius 1 is 1.46 bits per heavy atom. The summed E-state index contributed by atoms with van der Waals surface area (Å²) >= 11 is 9.52. The van der Waals surface area contributed by atoms with Crippen LogP contribution in [0, 0.1) is 0 Å². The monoisotopic (exact) mass is 237 g/mol. The molecule has 0 aliphatic carbocycles. The minimum atomic E-state index is -3.43. The second-order valence-electron chi connectivity index (χ2n) is 2.14. The number of halogens is 4. The van der Waals surface area contributed by atoms with Gasteiger partial charge in [0.25, 0.3) is 0 Å². The van der Waals surface area contributed by atoms with Crippen molar-refractivity contribution in [3.8, 4) is 0 Å². The molecule has 0 fully saturated rings. The molecule has 0 bridgehead atoms. The maximum absolute atomic E-state index is 11.8. The van der Waals surface area contributed by atoms with Crippen molar-refractivity contribution >= 4 is 29.6 Å². The molecule has 0 rings (SSSR count). The molecule has 0 aromatic rings. The molecule has 0 radical (unpaired) electrons. The summed E-state index contributed by atoms with van der Waals surface area (Å²) in [5.41, 5.74) is 0. The van der Waals surface area contributed by atoms with E-state index in [0.717, 1.165) is 13.5 Å². The van der Waals surface area contributed by atoms with E-state index in [2.05, 4.69) is 4.74 Å². The Balaban J connectivity index is 0. The predicted octanol–water partition coefficient (Wildman–Crippen LogP) is 1.73. The van der Waals surface area contributed by atoms with Gasteiger partial charge in [0.2, 0.25) is 6.41 Å². The molecule has 7 heteroatoms. The van der Waals surface area contributed by atoms with Crippen molar-refractivity contribution in [3.63, 3.8) is 0 Å². The second-order valence-corrected chi connectivity index (χ2v) is 3.23. The third kappa shape index (κ3) is 9.79. The molecule has 0 aliphatic rings. The highest BCUT2D eigenvalue weighted by atomic mass is 35.5. The van der Waals surface area contributed by atoms with Gasteiger partial charge in [-0.15, -0.1) is 0 Å². The molecule has 0 atom stereocenters. The van der Waals surface area contributed by atoms with Crippen LogP contribution in [0.5, 0.6) is 0 Å². The van der Waals surface area contributed by atoms with Crippen molar-refractivity contribution in [1.29, 1.82) is 0 Å². The Hall–Kier alpha value is -0.130. The molecular formula is C6H11Cl2F2NO2. The summed E-state index contributed by atoms with van der Waals surface area (Å²) in [5, 5.41) is 0. The number of carbonyl (C=O) groups is 1. The maximum Gasteiger partial charge on any atom is 0.385 e. The van der Waals surface area contributed by atoms with E-state index in [1.54, 1.807) is 14.1 Å². The van der Waals surface area contributed by atoms with Crippen LogP contribution in [0.1, 0.15) is 0 Å². The van der Waals surface area contributed by atoms with Crippen molar-refractivity contribution < 1.29 is 18.3 Å².